The predicted octanol–water partition coefficient (Wildman–Crippen LogP) is 1.41. The summed E-state index contributed by atoms with van der Waals surface area (Å²) in [5.74, 6) is -1.39. The Labute approximate surface area is 156 Å². The first-order chi connectivity index (χ1) is 11.8. The quantitative estimate of drug-likeness (QED) is 0.481. The van der Waals surface area contributed by atoms with Crippen molar-refractivity contribution in [3.8, 4) is 0 Å². The molecule has 26 heavy (non-hydrogen) atoms. The van der Waals surface area contributed by atoms with Gasteiger partial charge < -0.3 is 0 Å². The molecule has 11 heteroatoms. The molecule has 1 saturated carbocycles. The summed E-state index contributed by atoms with van der Waals surface area (Å²) in [6.07, 6.45) is 4.42. The van der Waals surface area contributed by atoms with Crippen LogP contribution in [0.4, 0.5) is 0 Å². The molecule has 0 radical (unpaired) electrons. The summed E-state index contributed by atoms with van der Waals surface area (Å²) >= 11 is 0. The molecule has 8 nitrogen and oxygen atoms in total. The Morgan fingerprint density at radius 3 is 2.12 bits per heavy atom. The maximum Gasteiger partial charge on any atom is 0.243 e. The number of carbonyl (C=O) groups is 1. The highest BCUT2D eigenvalue weighted by Crippen LogP contribution is 2.29. The van der Waals surface area contributed by atoms with E-state index in [1.54, 1.807) is 6.92 Å². The second-order valence-corrected chi connectivity index (χ2v) is 13.2. The van der Waals surface area contributed by atoms with Crippen molar-refractivity contribution in [3.63, 3.8) is 0 Å². The Morgan fingerprint density at radius 2 is 1.65 bits per heavy atom. The molecule has 0 N–H and O–H groups in total. The van der Waals surface area contributed by atoms with Crippen molar-refractivity contribution in [1.29, 1.82) is 0 Å². The molecule has 0 aliphatic heterocycles. The summed E-state index contributed by atoms with van der Waals surface area (Å²) < 4.78 is 74.3. The van der Waals surface area contributed by atoms with Crippen LogP contribution in [0.15, 0.2) is 12.7 Å². The van der Waals surface area contributed by atoms with Crippen molar-refractivity contribution in [2.24, 2.45) is 5.92 Å². The summed E-state index contributed by atoms with van der Waals surface area (Å²) in [5.41, 5.74) is 0. The topological polar surface area (TPSA) is 123 Å². The van der Waals surface area contributed by atoms with Crippen molar-refractivity contribution in [2.45, 2.75) is 57.1 Å². The number of nitrogens with zero attached hydrogens (tertiary/aromatic N) is 1. The number of carbonyl (C=O) groups excluding carboxylic acids is 1. The predicted molar refractivity (Wildman–Crippen MR) is 99.9 cm³/mol. The first-order valence-corrected chi connectivity index (χ1v) is 13.4. The van der Waals surface area contributed by atoms with E-state index in [-0.39, 0.29) is 34.6 Å². The lowest BCUT2D eigenvalue weighted by molar-refractivity contribution is -0.117. The normalized spacial score (nSPS) is 18.6. The molecular weight excluding hydrogens is 402 g/mol. The Kier molecular flexibility index (Phi) is 8.00. The van der Waals surface area contributed by atoms with Gasteiger partial charge >= 0.3 is 0 Å². The third-order valence-electron chi connectivity index (χ3n) is 4.41. The first kappa shape index (κ1) is 23.3. The molecule has 1 rings (SSSR count). The van der Waals surface area contributed by atoms with Gasteiger partial charge in [-0.3, -0.25) is 4.79 Å². The molecule has 0 saturated heterocycles. The highest BCUT2D eigenvalue weighted by molar-refractivity contribution is 8.17. The summed E-state index contributed by atoms with van der Waals surface area (Å²) in [4.78, 5) is 11.5. The minimum absolute atomic E-state index is 0.0325. The summed E-state index contributed by atoms with van der Waals surface area (Å²) in [5, 5.41) is -1.01. The van der Waals surface area contributed by atoms with Gasteiger partial charge in [0.1, 0.15) is 0 Å². The van der Waals surface area contributed by atoms with Crippen LogP contribution in [-0.4, -0.2) is 51.4 Å². The molecule has 0 heterocycles. The third-order valence-corrected chi connectivity index (χ3v) is 12.2. The number of hydrogen-bond acceptors (Lipinski definition) is 7. The van der Waals surface area contributed by atoms with Crippen LogP contribution < -0.4 is 0 Å². The molecule has 1 fully saturated rings. The maximum absolute atomic E-state index is 12.7. The molecule has 1 aliphatic carbocycles. The monoisotopic (exact) mass is 429 g/mol. The van der Waals surface area contributed by atoms with Crippen LogP contribution in [0.25, 0.3) is 0 Å². The van der Waals surface area contributed by atoms with Crippen LogP contribution >= 0.6 is 0 Å². The number of hydrogen-bond donors (Lipinski definition) is 0. The lowest BCUT2D eigenvalue weighted by Crippen LogP contribution is -2.47. The Morgan fingerprint density at radius 1 is 1.12 bits per heavy atom. The third kappa shape index (κ3) is 5.86. The van der Waals surface area contributed by atoms with Gasteiger partial charge in [0.2, 0.25) is 30.1 Å². The van der Waals surface area contributed by atoms with E-state index in [0.717, 1.165) is 12.5 Å². The SMILES string of the molecule is C=CC(=O)C(C)CCCS(=O)(=O)N(S(C)(=O)=O)S(=O)(=O)C1CCCCC1. The lowest BCUT2D eigenvalue weighted by atomic mass is 10.0. The van der Waals surface area contributed by atoms with Gasteiger partial charge in [-0.15, -0.1) is 0 Å². The second-order valence-electron chi connectivity index (χ2n) is 6.67. The summed E-state index contributed by atoms with van der Waals surface area (Å²) in [6, 6.07) is 0. The minimum Gasteiger partial charge on any atom is -0.295 e. The van der Waals surface area contributed by atoms with E-state index in [1.165, 1.54) is 0 Å². The molecule has 0 amide bonds. The smallest absolute Gasteiger partial charge is 0.243 e. The van der Waals surface area contributed by atoms with E-state index in [4.69, 9.17) is 0 Å². The Bertz CT molecular complexity index is 822. The molecule has 152 valence electrons. The number of sulfonamides is 3. The van der Waals surface area contributed by atoms with Gasteiger partial charge in [-0.25, -0.2) is 25.3 Å². The zero-order valence-corrected chi connectivity index (χ0v) is 17.6. The number of rotatable bonds is 10. The fraction of sp³-hybridized carbons (Fsp3) is 0.800. The van der Waals surface area contributed by atoms with Gasteiger partial charge in [0, 0.05) is 9.03 Å². The molecule has 0 bridgehead atoms. The Hall–Kier alpha value is -0.780. The standard InChI is InChI=1S/C15H27NO7S3/c1-4-15(17)13(2)9-8-12-25(20,21)16(24(3,18)19)26(22,23)14-10-6-5-7-11-14/h4,13-14H,1,5-12H2,2-3H3. The zero-order chi connectivity index (χ0) is 20.2. The molecule has 0 aromatic rings. The van der Waals surface area contributed by atoms with E-state index < -0.39 is 47.0 Å². The molecule has 0 aromatic heterocycles. The molecule has 1 unspecified atom stereocenters. The summed E-state index contributed by atoms with van der Waals surface area (Å²) in [7, 11) is -13.7. The van der Waals surface area contributed by atoms with Crippen LogP contribution in [-0.2, 0) is 34.9 Å². The highest BCUT2D eigenvalue weighted by Gasteiger charge is 2.46. The molecule has 0 spiro atoms. The van der Waals surface area contributed by atoms with Crippen molar-refractivity contribution in [2.75, 3.05) is 12.0 Å². The van der Waals surface area contributed by atoms with Crippen LogP contribution in [0.5, 0.6) is 0 Å². The van der Waals surface area contributed by atoms with Gasteiger partial charge in [-0.1, -0.05) is 32.8 Å². The van der Waals surface area contributed by atoms with Crippen LogP contribution in [0.3, 0.4) is 0 Å². The van der Waals surface area contributed by atoms with Gasteiger partial charge in [-0.2, -0.15) is 0 Å². The van der Waals surface area contributed by atoms with Gasteiger partial charge in [0.15, 0.2) is 5.78 Å². The van der Waals surface area contributed by atoms with Gasteiger partial charge in [0.25, 0.3) is 0 Å². The lowest BCUT2D eigenvalue weighted by Gasteiger charge is -2.27. The van der Waals surface area contributed by atoms with E-state index in [9.17, 15) is 30.0 Å². The highest BCUT2D eigenvalue weighted by atomic mass is 32.3. The van der Waals surface area contributed by atoms with Crippen LogP contribution in [0.1, 0.15) is 51.9 Å². The van der Waals surface area contributed by atoms with Crippen LogP contribution in [0.2, 0.25) is 0 Å². The molecule has 0 aromatic carbocycles. The van der Waals surface area contributed by atoms with E-state index >= 15 is 0 Å². The van der Waals surface area contributed by atoms with Gasteiger partial charge in [0.05, 0.1) is 17.3 Å². The van der Waals surface area contributed by atoms with E-state index in [0.29, 0.717) is 19.1 Å². The first-order valence-electron chi connectivity index (χ1n) is 8.47. The molecule has 1 atom stereocenters. The fourth-order valence-electron chi connectivity index (χ4n) is 3.03. The maximum atomic E-state index is 12.7. The minimum atomic E-state index is -4.59. The van der Waals surface area contributed by atoms with Crippen molar-refractivity contribution >= 4 is 35.9 Å². The van der Waals surface area contributed by atoms with Crippen molar-refractivity contribution < 1.29 is 30.0 Å². The largest absolute Gasteiger partial charge is 0.295 e. The van der Waals surface area contributed by atoms with Crippen molar-refractivity contribution in [3.05, 3.63) is 12.7 Å². The number of allylic oxidation sites excluding steroid dienone is 1. The van der Waals surface area contributed by atoms with Crippen LogP contribution in [0, 0.1) is 5.92 Å². The van der Waals surface area contributed by atoms with E-state index in [1.807, 2.05) is 0 Å². The molecular formula is C15H27NO7S3. The van der Waals surface area contributed by atoms with Crippen molar-refractivity contribution in [1.82, 2.24) is 3.12 Å². The van der Waals surface area contributed by atoms with Gasteiger partial charge in [-0.05, 0) is 31.8 Å². The zero-order valence-electron chi connectivity index (χ0n) is 15.1. The van der Waals surface area contributed by atoms with E-state index in [2.05, 4.69) is 6.58 Å². The average molecular weight is 430 g/mol. The Balaban J connectivity index is 3.04. The summed E-state index contributed by atoms with van der Waals surface area (Å²) in [6.45, 7) is 4.95. The number of ketones is 1. The average Bonchev–Trinajstić information content (AvgIpc) is 2.52. The second kappa shape index (κ2) is 8.94. The molecule has 1 aliphatic rings. The fourth-order valence-corrected chi connectivity index (χ4v) is 10.5.